The number of nitrogens with zero attached hydrogens (tertiary/aromatic N) is 2. The Balaban J connectivity index is 1.57. The molecule has 8 nitrogen and oxygen atoms in total. The second-order valence-corrected chi connectivity index (χ2v) is 12.1. The monoisotopic (exact) mass is 559 g/mol. The molecule has 0 aliphatic rings. The summed E-state index contributed by atoms with van der Waals surface area (Å²) in [5.74, 6) is 0.904. The maximum atomic E-state index is 13.3. The van der Waals surface area contributed by atoms with Crippen LogP contribution in [0.15, 0.2) is 84.0 Å². The number of hydrogen-bond acceptors (Lipinski definition) is 7. The molecule has 3 aromatic carbocycles. The number of aromatic nitrogens is 2. The lowest BCUT2D eigenvalue weighted by Gasteiger charge is -2.19. The summed E-state index contributed by atoms with van der Waals surface area (Å²) in [5.41, 5.74) is 3.70. The van der Waals surface area contributed by atoms with Crippen molar-refractivity contribution in [2.45, 2.75) is 44.9 Å². The van der Waals surface area contributed by atoms with Crippen LogP contribution in [0.25, 0.3) is 11.1 Å². The summed E-state index contributed by atoms with van der Waals surface area (Å²) in [6, 6.07) is 21.2. The van der Waals surface area contributed by atoms with Crippen molar-refractivity contribution in [2.24, 2.45) is 0 Å². The summed E-state index contributed by atoms with van der Waals surface area (Å²) in [7, 11) is -3.95. The Morgan fingerprint density at radius 3 is 2.08 bits per heavy atom. The highest BCUT2D eigenvalue weighted by Gasteiger charge is 2.22. The van der Waals surface area contributed by atoms with Crippen LogP contribution in [-0.4, -0.2) is 37.4 Å². The van der Waals surface area contributed by atoms with E-state index in [1.54, 1.807) is 36.4 Å². The van der Waals surface area contributed by atoms with Gasteiger partial charge in [0, 0.05) is 5.56 Å². The second kappa shape index (κ2) is 11.9. The number of nitrogens with one attached hydrogen (secondary N) is 1. The van der Waals surface area contributed by atoms with Gasteiger partial charge in [0.2, 0.25) is 5.88 Å². The molecule has 0 saturated carbocycles. The highest BCUT2D eigenvalue weighted by Crippen LogP contribution is 2.35. The number of carbonyl (C=O) groups excluding carboxylic acids is 1. The zero-order valence-electron chi connectivity index (χ0n) is 23.3. The van der Waals surface area contributed by atoms with E-state index in [0.717, 1.165) is 11.1 Å². The van der Waals surface area contributed by atoms with Crippen molar-refractivity contribution in [2.75, 3.05) is 17.9 Å². The fourth-order valence-corrected chi connectivity index (χ4v) is 4.96. The van der Waals surface area contributed by atoms with E-state index in [0.29, 0.717) is 22.4 Å². The molecule has 0 saturated heterocycles. The van der Waals surface area contributed by atoms with Gasteiger partial charge in [0.05, 0.1) is 10.5 Å². The van der Waals surface area contributed by atoms with Gasteiger partial charge < -0.3 is 9.47 Å². The molecule has 208 valence electrons. The Morgan fingerprint density at radius 1 is 0.850 bits per heavy atom. The fraction of sp³-hybridized carbons (Fsp3) is 0.258. The molecule has 0 aliphatic carbocycles. The van der Waals surface area contributed by atoms with Crippen LogP contribution in [0, 0.1) is 6.92 Å². The third-order valence-electron chi connectivity index (χ3n) is 6.27. The number of hydrogen-bond donors (Lipinski definition) is 1. The standard InChI is InChI=1S/C31H33N3O5S/c1-21-6-8-24(9-7-21)28-29(34-40(36,37)27-16-12-25(13-17-27)31(3,4)5)32-20-33-30(28)39-19-18-38-26-14-10-23(11-15-26)22(2)35/h6-17,20H,18-19H2,1-5H3,(H,32,33,34). The molecule has 0 bridgehead atoms. The Bertz CT molecular complexity index is 1580. The van der Waals surface area contributed by atoms with E-state index in [1.807, 2.05) is 43.3 Å². The normalized spacial score (nSPS) is 11.6. The van der Waals surface area contributed by atoms with Gasteiger partial charge in [0.1, 0.15) is 25.3 Å². The molecule has 1 heterocycles. The van der Waals surface area contributed by atoms with Crippen LogP contribution in [0.3, 0.4) is 0 Å². The summed E-state index contributed by atoms with van der Waals surface area (Å²) in [4.78, 5) is 20.2. The first-order chi connectivity index (χ1) is 18.9. The number of anilines is 1. The van der Waals surface area contributed by atoms with E-state index in [2.05, 4.69) is 35.5 Å². The summed E-state index contributed by atoms with van der Waals surface area (Å²) in [6.07, 6.45) is 1.26. The van der Waals surface area contributed by atoms with Crippen molar-refractivity contribution in [3.05, 3.63) is 95.8 Å². The Hall–Kier alpha value is -4.24. The smallest absolute Gasteiger partial charge is 0.263 e. The molecule has 4 rings (SSSR count). The highest BCUT2D eigenvalue weighted by molar-refractivity contribution is 7.92. The average Bonchev–Trinajstić information content (AvgIpc) is 2.91. The number of aryl methyl sites for hydroxylation is 1. The summed E-state index contributed by atoms with van der Waals surface area (Å²) in [5, 5.41) is 0. The summed E-state index contributed by atoms with van der Waals surface area (Å²) in [6.45, 7) is 10.0. The minimum absolute atomic E-state index is 0.0179. The number of ketones is 1. The van der Waals surface area contributed by atoms with Gasteiger partial charge in [0.15, 0.2) is 11.6 Å². The number of sulfonamides is 1. The molecular formula is C31H33N3O5S. The average molecular weight is 560 g/mol. The predicted octanol–water partition coefficient (Wildman–Crippen LogP) is 6.21. The molecule has 40 heavy (non-hydrogen) atoms. The topological polar surface area (TPSA) is 107 Å². The first-order valence-electron chi connectivity index (χ1n) is 12.9. The van der Waals surface area contributed by atoms with Crippen LogP contribution in [0.5, 0.6) is 11.6 Å². The molecule has 1 aromatic heterocycles. The molecule has 0 fully saturated rings. The van der Waals surface area contributed by atoms with Gasteiger partial charge in [-0.05, 0) is 66.8 Å². The Morgan fingerprint density at radius 2 is 1.48 bits per heavy atom. The first kappa shape index (κ1) is 28.8. The van der Waals surface area contributed by atoms with E-state index < -0.39 is 10.0 Å². The largest absolute Gasteiger partial charge is 0.490 e. The van der Waals surface area contributed by atoms with Crippen molar-refractivity contribution in [1.29, 1.82) is 0 Å². The van der Waals surface area contributed by atoms with Crippen LogP contribution in [0.1, 0.15) is 49.2 Å². The van der Waals surface area contributed by atoms with E-state index in [4.69, 9.17) is 9.47 Å². The van der Waals surface area contributed by atoms with Gasteiger partial charge in [-0.2, -0.15) is 0 Å². The highest BCUT2D eigenvalue weighted by atomic mass is 32.2. The molecule has 1 N–H and O–H groups in total. The quantitative estimate of drug-likeness (QED) is 0.182. The molecule has 4 aromatic rings. The van der Waals surface area contributed by atoms with Gasteiger partial charge >= 0.3 is 0 Å². The Kier molecular flexibility index (Phi) is 8.54. The maximum Gasteiger partial charge on any atom is 0.263 e. The van der Waals surface area contributed by atoms with Crippen LogP contribution >= 0.6 is 0 Å². The molecule has 0 amide bonds. The molecule has 0 aliphatic heterocycles. The fourth-order valence-electron chi connectivity index (χ4n) is 3.94. The molecule has 0 radical (unpaired) electrons. The first-order valence-corrected chi connectivity index (χ1v) is 14.3. The summed E-state index contributed by atoms with van der Waals surface area (Å²) >= 11 is 0. The number of benzene rings is 3. The van der Waals surface area contributed by atoms with Crippen LogP contribution in [-0.2, 0) is 15.4 Å². The lowest BCUT2D eigenvalue weighted by molar-refractivity contribution is 0.101. The van der Waals surface area contributed by atoms with Crippen molar-refractivity contribution in [3.63, 3.8) is 0 Å². The van der Waals surface area contributed by atoms with Crippen LogP contribution < -0.4 is 14.2 Å². The van der Waals surface area contributed by atoms with Gasteiger partial charge in [-0.1, -0.05) is 62.7 Å². The van der Waals surface area contributed by atoms with Crippen LogP contribution in [0.2, 0.25) is 0 Å². The van der Waals surface area contributed by atoms with Gasteiger partial charge in [-0.3, -0.25) is 9.52 Å². The second-order valence-electron chi connectivity index (χ2n) is 10.4. The third-order valence-corrected chi connectivity index (χ3v) is 7.62. The van der Waals surface area contributed by atoms with Crippen LogP contribution in [0.4, 0.5) is 5.82 Å². The SMILES string of the molecule is CC(=O)c1ccc(OCCOc2ncnc(NS(=O)(=O)c3ccc(C(C)(C)C)cc3)c2-c2ccc(C)cc2)cc1. The molecule has 0 spiro atoms. The zero-order valence-corrected chi connectivity index (χ0v) is 24.1. The number of carbonyl (C=O) groups is 1. The van der Waals surface area contributed by atoms with Gasteiger partial charge in [0.25, 0.3) is 10.0 Å². The molecule has 0 unspecified atom stereocenters. The number of rotatable bonds is 10. The van der Waals surface area contributed by atoms with Crippen molar-refractivity contribution in [3.8, 4) is 22.8 Å². The zero-order chi connectivity index (χ0) is 28.9. The molecule has 9 heteroatoms. The third kappa shape index (κ3) is 7.04. The van der Waals surface area contributed by atoms with E-state index in [9.17, 15) is 13.2 Å². The minimum Gasteiger partial charge on any atom is -0.490 e. The van der Waals surface area contributed by atoms with Gasteiger partial charge in [-0.25, -0.2) is 18.4 Å². The summed E-state index contributed by atoms with van der Waals surface area (Å²) < 4.78 is 41.0. The van der Waals surface area contributed by atoms with Gasteiger partial charge in [-0.15, -0.1) is 0 Å². The molecular weight excluding hydrogens is 526 g/mol. The van der Waals surface area contributed by atoms with E-state index in [1.165, 1.54) is 13.3 Å². The number of ether oxygens (including phenoxy) is 2. The van der Waals surface area contributed by atoms with Crippen molar-refractivity contribution < 1.29 is 22.7 Å². The minimum atomic E-state index is -3.95. The van der Waals surface area contributed by atoms with E-state index in [-0.39, 0.29) is 41.0 Å². The Labute approximate surface area is 235 Å². The molecule has 0 atom stereocenters. The predicted molar refractivity (Wildman–Crippen MR) is 156 cm³/mol. The lowest BCUT2D eigenvalue weighted by atomic mass is 9.87. The van der Waals surface area contributed by atoms with Crippen molar-refractivity contribution >= 4 is 21.6 Å². The number of Topliss-reactive ketones (excluding diaryl/α,β-unsaturated/α-hetero) is 1. The van der Waals surface area contributed by atoms with E-state index >= 15 is 0 Å². The maximum absolute atomic E-state index is 13.3. The lowest BCUT2D eigenvalue weighted by Crippen LogP contribution is -2.17. The van der Waals surface area contributed by atoms with Crippen molar-refractivity contribution in [1.82, 2.24) is 9.97 Å².